The molecule has 5 nitrogen and oxygen atoms in total. The van der Waals surface area contributed by atoms with Gasteiger partial charge in [0.1, 0.15) is 10.8 Å². The van der Waals surface area contributed by atoms with Gasteiger partial charge in [-0.1, -0.05) is 0 Å². The van der Waals surface area contributed by atoms with Gasteiger partial charge >= 0.3 is 12.2 Å². The van der Waals surface area contributed by atoms with Gasteiger partial charge in [-0.2, -0.15) is 13.2 Å². The van der Waals surface area contributed by atoms with Gasteiger partial charge in [0.05, 0.1) is 6.54 Å². The number of amides is 2. The molecular weight excluding hydrogens is 423 g/mol. The molecule has 0 aliphatic rings. The topological polar surface area (TPSA) is 66.9 Å². The Hall–Kier alpha value is -1.82. The zero-order valence-corrected chi connectivity index (χ0v) is 13.9. The van der Waals surface area contributed by atoms with Gasteiger partial charge in [-0.05, 0) is 22.0 Å². The highest BCUT2D eigenvalue weighted by molar-refractivity contribution is 9.10. The van der Waals surface area contributed by atoms with Crippen LogP contribution in [0.2, 0.25) is 0 Å². The molecule has 2 N–H and O–H groups in total. The summed E-state index contributed by atoms with van der Waals surface area (Å²) in [5.74, 6) is -0.0243. The maximum absolute atomic E-state index is 12.6. The van der Waals surface area contributed by atoms with Crippen LogP contribution in [-0.2, 0) is 6.18 Å². The number of nitrogens with one attached hydrogen (secondary N) is 2. The van der Waals surface area contributed by atoms with Crippen molar-refractivity contribution in [1.82, 2.24) is 15.3 Å². The van der Waals surface area contributed by atoms with Crippen LogP contribution < -0.4 is 10.6 Å². The number of urea groups is 1. The highest BCUT2D eigenvalue weighted by Crippen LogP contribution is 2.36. The summed E-state index contributed by atoms with van der Waals surface area (Å²) in [5, 5.41) is 5.05. The summed E-state index contributed by atoms with van der Waals surface area (Å²) in [4.78, 5) is 18.8. The number of halogens is 6. The molecular formula is C12H8BrF5N4OS. The van der Waals surface area contributed by atoms with Gasteiger partial charge in [-0.3, -0.25) is 5.32 Å². The predicted molar refractivity (Wildman–Crippen MR) is 81.1 cm³/mol. The maximum Gasteiger partial charge on any atom is 0.434 e. The third kappa shape index (κ3) is 4.84. The van der Waals surface area contributed by atoms with Gasteiger partial charge in [0.15, 0.2) is 5.69 Å². The van der Waals surface area contributed by atoms with Crippen LogP contribution in [0.3, 0.4) is 0 Å². The molecule has 12 heteroatoms. The van der Waals surface area contributed by atoms with E-state index in [-0.39, 0.29) is 16.4 Å². The molecule has 0 aromatic carbocycles. The molecule has 0 atom stereocenters. The van der Waals surface area contributed by atoms with Crippen molar-refractivity contribution in [3.8, 4) is 10.6 Å². The normalized spacial score (nSPS) is 11.6. The largest absolute Gasteiger partial charge is 0.434 e. The van der Waals surface area contributed by atoms with Crippen LogP contribution in [0.1, 0.15) is 5.69 Å². The van der Waals surface area contributed by atoms with Crippen molar-refractivity contribution in [1.29, 1.82) is 0 Å². The number of carbonyl (C=O) groups excluding carboxylic acids is 1. The Morgan fingerprint density at radius 2 is 2.08 bits per heavy atom. The average Bonchev–Trinajstić information content (AvgIpc) is 2.97. The van der Waals surface area contributed by atoms with E-state index in [1.54, 1.807) is 0 Å². The van der Waals surface area contributed by atoms with E-state index < -0.39 is 30.9 Å². The van der Waals surface area contributed by atoms with E-state index in [2.05, 4.69) is 31.2 Å². The number of hydrogen-bond donors (Lipinski definition) is 2. The molecule has 0 fully saturated rings. The van der Waals surface area contributed by atoms with Crippen LogP contribution >= 0.6 is 27.3 Å². The molecule has 0 unspecified atom stereocenters. The quantitative estimate of drug-likeness (QED) is 0.707. The Labute approximate surface area is 144 Å². The van der Waals surface area contributed by atoms with Crippen LogP contribution in [0.4, 0.5) is 32.6 Å². The smallest absolute Gasteiger partial charge is 0.332 e. The molecule has 130 valence electrons. The molecule has 0 spiro atoms. The first-order chi connectivity index (χ1) is 11.2. The molecule has 24 heavy (non-hydrogen) atoms. The summed E-state index contributed by atoms with van der Waals surface area (Å²) in [5.41, 5.74) is -0.759. The monoisotopic (exact) mass is 430 g/mol. The standard InChI is InChI=1S/C12H8BrF5N4OS/c13-6-2-19-9(22-11(23)20-3-8(14)15)1-5(6)10-21-7(4-24-10)12(16,17)18/h1-2,4,8H,3H2,(H2,19,20,22,23). The van der Waals surface area contributed by atoms with Gasteiger partial charge in [-0.25, -0.2) is 23.5 Å². The molecule has 2 rings (SSSR count). The fraction of sp³-hybridized carbons (Fsp3) is 0.250. The summed E-state index contributed by atoms with van der Waals surface area (Å²) in [7, 11) is 0. The summed E-state index contributed by atoms with van der Waals surface area (Å²) < 4.78 is 62.2. The second kappa shape index (κ2) is 7.38. The van der Waals surface area contributed by atoms with E-state index in [1.165, 1.54) is 12.3 Å². The van der Waals surface area contributed by atoms with Crippen molar-refractivity contribution in [2.24, 2.45) is 0 Å². The second-order valence-corrected chi connectivity index (χ2v) is 6.02. The summed E-state index contributed by atoms with van der Waals surface area (Å²) in [6.07, 6.45) is -6.02. The number of aromatic nitrogens is 2. The minimum Gasteiger partial charge on any atom is -0.332 e. The number of carbonyl (C=O) groups is 1. The molecule has 2 heterocycles. The fourth-order valence-electron chi connectivity index (χ4n) is 1.53. The number of anilines is 1. The third-order valence-corrected chi connectivity index (χ3v) is 4.05. The van der Waals surface area contributed by atoms with Crippen molar-refractivity contribution >= 4 is 39.1 Å². The predicted octanol–water partition coefficient (Wildman–Crippen LogP) is 4.37. The summed E-state index contributed by atoms with van der Waals surface area (Å²) in [6.45, 7) is -0.837. The maximum atomic E-state index is 12.6. The van der Waals surface area contributed by atoms with E-state index in [4.69, 9.17) is 0 Å². The van der Waals surface area contributed by atoms with Crippen molar-refractivity contribution in [3.63, 3.8) is 0 Å². The van der Waals surface area contributed by atoms with Crippen LogP contribution in [0.25, 0.3) is 10.6 Å². The van der Waals surface area contributed by atoms with E-state index in [1.807, 2.05) is 5.32 Å². The lowest BCUT2D eigenvalue weighted by Crippen LogP contribution is -2.32. The van der Waals surface area contributed by atoms with Crippen LogP contribution in [0.15, 0.2) is 22.1 Å². The number of rotatable bonds is 4. The van der Waals surface area contributed by atoms with Gasteiger partial charge in [0.2, 0.25) is 0 Å². The zero-order valence-electron chi connectivity index (χ0n) is 11.5. The highest BCUT2D eigenvalue weighted by atomic mass is 79.9. The Morgan fingerprint density at radius 1 is 1.38 bits per heavy atom. The molecule has 2 amide bonds. The van der Waals surface area contributed by atoms with Crippen molar-refractivity contribution in [2.75, 3.05) is 11.9 Å². The molecule has 0 saturated heterocycles. The molecule has 2 aromatic heterocycles. The molecule has 0 bridgehead atoms. The third-order valence-electron chi connectivity index (χ3n) is 2.54. The van der Waals surface area contributed by atoms with Gasteiger partial charge in [0, 0.05) is 21.6 Å². The summed E-state index contributed by atoms with van der Waals surface area (Å²) >= 11 is 3.91. The molecule has 0 radical (unpaired) electrons. The number of thiazole rings is 1. The average molecular weight is 431 g/mol. The zero-order chi connectivity index (χ0) is 17.9. The van der Waals surface area contributed by atoms with E-state index in [9.17, 15) is 26.7 Å². The van der Waals surface area contributed by atoms with Crippen molar-refractivity contribution in [3.05, 3.63) is 27.8 Å². The summed E-state index contributed by atoms with van der Waals surface area (Å²) in [6, 6.07) is 0.372. The molecule has 0 aliphatic carbocycles. The Morgan fingerprint density at radius 3 is 2.67 bits per heavy atom. The highest BCUT2D eigenvalue weighted by Gasteiger charge is 2.34. The van der Waals surface area contributed by atoms with Crippen LogP contribution in [0, 0.1) is 0 Å². The first kappa shape index (κ1) is 18.5. The van der Waals surface area contributed by atoms with Gasteiger partial charge in [0.25, 0.3) is 6.43 Å². The van der Waals surface area contributed by atoms with Crippen LogP contribution in [0.5, 0.6) is 0 Å². The SMILES string of the molecule is O=C(NCC(F)F)Nc1cc(-c2nc(C(F)(F)F)cs2)c(Br)cn1. The van der Waals surface area contributed by atoms with E-state index in [0.29, 0.717) is 4.47 Å². The minimum absolute atomic E-state index is 0.0243. The second-order valence-electron chi connectivity index (χ2n) is 4.31. The lowest BCUT2D eigenvalue weighted by molar-refractivity contribution is -0.140. The van der Waals surface area contributed by atoms with E-state index >= 15 is 0 Å². The molecule has 0 saturated carbocycles. The number of hydrogen-bond acceptors (Lipinski definition) is 4. The van der Waals surface area contributed by atoms with E-state index in [0.717, 1.165) is 16.7 Å². The van der Waals surface area contributed by atoms with Crippen LogP contribution in [-0.4, -0.2) is 29.0 Å². The first-order valence-corrected chi connectivity index (χ1v) is 7.85. The number of alkyl halides is 5. The Bertz CT molecular complexity index is 736. The molecule has 0 aliphatic heterocycles. The van der Waals surface area contributed by atoms with Crippen molar-refractivity contribution in [2.45, 2.75) is 12.6 Å². The lowest BCUT2D eigenvalue weighted by Gasteiger charge is -2.08. The van der Waals surface area contributed by atoms with Gasteiger partial charge < -0.3 is 5.32 Å². The minimum atomic E-state index is -4.56. The fourth-order valence-corrected chi connectivity index (χ4v) is 2.92. The van der Waals surface area contributed by atoms with Crippen molar-refractivity contribution < 1.29 is 26.7 Å². The number of pyridine rings is 1. The Kier molecular flexibility index (Phi) is 5.70. The number of nitrogens with zero attached hydrogens (tertiary/aromatic N) is 2. The molecule has 2 aromatic rings. The Balaban J connectivity index is 2.20. The lowest BCUT2D eigenvalue weighted by atomic mass is 10.2. The van der Waals surface area contributed by atoms with Gasteiger partial charge in [-0.15, -0.1) is 11.3 Å². The first-order valence-electron chi connectivity index (χ1n) is 6.18.